The van der Waals surface area contributed by atoms with Crippen LogP contribution in [0.25, 0.3) is 0 Å². The molecule has 0 aromatic carbocycles. The first kappa shape index (κ1) is 12.6. The maximum Gasteiger partial charge on any atom is 0.263 e. The van der Waals surface area contributed by atoms with Crippen molar-refractivity contribution in [1.82, 2.24) is 4.90 Å². The summed E-state index contributed by atoms with van der Waals surface area (Å²) in [5, 5.41) is 1.89. The fraction of sp³-hybridized carbons (Fsp3) is 0.545. The Bertz CT molecular complexity index is 322. The SMILES string of the molecule is CCCCN(CC)C(=O)c1cc(S)cs1. The molecule has 0 bridgehead atoms. The van der Waals surface area contributed by atoms with Crippen molar-refractivity contribution in [3.05, 3.63) is 16.3 Å². The third-order valence-electron chi connectivity index (χ3n) is 2.25. The minimum atomic E-state index is 0.135. The first-order chi connectivity index (χ1) is 7.19. The lowest BCUT2D eigenvalue weighted by Gasteiger charge is -2.19. The molecule has 0 aliphatic rings. The Labute approximate surface area is 101 Å². The average molecular weight is 243 g/mol. The van der Waals surface area contributed by atoms with Gasteiger partial charge in [0.25, 0.3) is 5.91 Å². The van der Waals surface area contributed by atoms with E-state index in [-0.39, 0.29) is 5.91 Å². The molecule has 1 rings (SSSR count). The number of unbranched alkanes of at least 4 members (excludes halogenated alkanes) is 1. The molecule has 1 aromatic rings. The number of carbonyl (C=O) groups is 1. The number of nitrogens with zero attached hydrogens (tertiary/aromatic N) is 1. The predicted octanol–water partition coefficient (Wildman–Crippen LogP) is 3.30. The van der Waals surface area contributed by atoms with Gasteiger partial charge >= 0.3 is 0 Å². The molecule has 84 valence electrons. The molecule has 1 heterocycles. The Morgan fingerprint density at radius 1 is 1.53 bits per heavy atom. The molecule has 0 radical (unpaired) electrons. The van der Waals surface area contributed by atoms with Crippen LogP contribution in [0.4, 0.5) is 0 Å². The van der Waals surface area contributed by atoms with Crippen LogP contribution in [0, 0.1) is 0 Å². The van der Waals surface area contributed by atoms with E-state index >= 15 is 0 Å². The van der Waals surface area contributed by atoms with E-state index in [4.69, 9.17) is 0 Å². The number of rotatable bonds is 5. The van der Waals surface area contributed by atoms with Gasteiger partial charge in [0.05, 0.1) is 4.88 Å². The van der Waals surface area contributed by atoms with Crippen molar-refractivity contribution >= 4 is 29.9 Å². The second-order valence-corrected chi connectivity index (χ2v) is 4.84. The number of hydrogen-bond donors (Lipinski definition) is 1. The summed E-state index contributed by atoms with van der Waals surface area (Å²) in [6, 6.07) is 1.84. The molecule has 0 spiro atoms. The van der Waals surface area contributed by atoms with Crippen LogP contribution >= 0.6 is 24.0 Å². The standard InChI is InChI=1S/C11H17NOS2/c1-3-5-6-12(4-2)11(13)10-7-9(14)8-15-10/h7-8,14H,3-6H2,1-2H3. The van der Waals surface area contributed by atoms with E-state index in [0.717, 1.165) is 35.7 Å². The van der Waals surface area contributed by atoms with Gasteiger partial charge in [-0.3, -0.25) is 4.79 Å². The summed E-state index contributed by atoms with van der Waals surface area (Å²) in [5.41, 5.74) is 0. The van der Waals surface area contributed by atoms with Gasteiger partial charge in [-0.05, 0) is 19.4 Å². The highest BCUT2D eigenvalue weighted by molar-refractivity contribution is 7.80. The van der Waals surface area contributed by atoms with Crippen LogP contribution in [-0.4, -0.2) is 23.9 Å². The monoisotopic (exact) mass is 243 g/mol. The fourth-order valence-electron chi connectivity index (χ4n) is 1.35. The Morgan fingerprint density at radius 3 is 2.73 bits per heavy atom. The van der Waals surface area contributed by atoms with Gasteiger partial charge in [0, 0.05) is 23.4 Å². The molecule has 2 nitrogen and oxygen atoms in total. The summed E-state index contributed by atoms with van der Waals surface area (Å²) in [6.45, 7) is 5.78. The molecule has 0 N–H and O–H groups in total. The van der Waals surface area contributed by atoms with E-state index < -0.39 is 0 Å². The Balaban J connectivity index is 2.64. The van der Waals surface area contributed by atoms with Crippen LogP contribution in [-0.2, 0) is 0 Å². The maximum atomic E-state index is 12.0. The zero-order valence-corrected chi connectivity index (χ0v) is 10.9. The molecule has 0 saturated heterocycles. The third-order valence-corrected chi connectivity index (χ3v) is 3.60. The zero-order valence-electron chi connectivity index (χ0n) is 9.19. The average Bonchev–Trinajstić information content (AvgIpc) is 2.65. The van der Waals surface area contributed by atoms with Crippen molar-refractivity contribution in [1.29, 1.82) is 0 Å². The van der Waals surface area contributed by atoms with E-state index in [1.165, 1.54) is 11.3 Å². The van der Waals surface area contributed by atoms with Gasteiger partial charge in [-0.2, -0.15) is 0 Å². The molecule has 0 aliphatic heterocycles. The van der Waals surface area contributed by atoms with E-state index in [9.17, 15) is 4.79 Å². The first-order valence-electron chi connectivity index (χ1n) is 5.25. The minimum absolute atomic E-state index is 0.135. The molecule has 0 saturated carbocycles. The van der Waals surface area contributed by atoms with Crippen LogP contribution in [0.1, 0.15) is 36.4 Å². The highest BCUT2D eigenvalue weighted by Crippen LogP contribution is 2.19. The van der Waals surface area contributed by atoms with Gasteiger partial charge in [0.2, 0.25) is 0 Å². The molecule has 0 aliphatic carbocycles. The molecular formula is C11H17NOS2. The summed E-state index contributed by atoms with van der Waals surface area (Å²) in [5.74, 6) is 0.135. The second kappa shape index (κ2) is 6.18. The molecule has 1 amide bonds. The van der Waals surface area contributed by atoms with Crippen LogP contribution in [0.3, 0.4) is 0 Å². The summed E-state index contributed by atoms with van der Waals surface area (Å²) in [4.78, 5) is 15.5. The lowest BCUT2D eigenvalue weighted by atomic mass is 10.3. The van der Waals surface area contributed by atoms with Crippen molar-refractivity contribution in [2.24, 2.45) is 0 Å². The number of carbonyl (C=O) groups excluding carboxylic acids is 1. The highest BCUT2D eigenvalue weighted by Gasteiger charge is 2.14. The first-order valence-corrected chi connectivity index (χ1v) is 6.58. The van der Waals surface area contributed by atoms with Gasteiger partial charge in [0.15, 0.2) is 0 Å². The molecule has 4 heteroatoms. The van der Waals surface area contributed by atoms with E-state index in [1.807, 2.05) is 23.3 Å². The van der Waals surface area contributed by atoms with Gasteiger partial charge in [-0.15, -0.1) is 24.0 Å². The van der Waals surface area contributed by atoms with Gasteiger partial charge in [-0.1, -0.05) is 13.3 Å². The lowest BCUT2D eigenvalue weighted by molar-refractivity contribution is 0.0767. The smallest absolute Gasteiger partial charge is 0.263 e. The van der Waals surface area contributed by atoms with Crippen molar-refractivity contribution in [3.63, 3.8) is 0 Å². The summed E-state index contributed by atoms with van der Waals surface area (Å²) >= 11 is 5.67. The largest absolute Gasteiger partial charge is 0.338 e. The summed E-state index contributed by atoms with van der Waals surface area (Å²) in [7, 11) is 0. The van der Waals surface area contributed by atoms with Gasteiger partial charge in [0.1, 0.15) is 0 Å². The lowest BCUT2D eigenvalue weighted by Crippen LogP contribution is -2.31. The van der Waals surface area contributed by atoms with Crippen molar-refractivity contribution in [2.45, 2.75) is 31.6 Å². The number of thiol groups is 1. The molecular weight excluding hydrogens is 226 g/mol. The van der Waals surface area contributed by atoms with Crippen molar-refractivity contribution in [3.8, 4) is 0 Å². The second-order valence-electron chi connectivity index (χ2n) is 3.41. The molecule has 0 unspecified atom stereocenters. The summed E-state index contributed by atoms with van der Waals surface area (Å²) in [6.07, 6.45) is 2.19. The predicted molar refractivity (Wildman–Crippen MR) is 68.1 cm³/mol. The number of hydrogen-bond acceptors (Lipinski definition) is 3. The molecule has 15 heavy (non-hydrogen) atoms. The minimum Gasteiger partial charge on any atom is -0.338 e. The van der Waals surface area contributed by atoms with Crippen molar-refractivity contribution < 1.29 is 4.79 Å². The Morgan fingerprint density at radius 2 is 2.27 bits per heavy atom. The normalized spacial score (nSPS) is 10.3. The Hall–Kier alpha value is -0.480. The third kappa shape index (κ3) is 3.54. The highest BCUT2D eigenvalue weighted by atomic mass is 32.1. The van der Waals surface area contributed by atoms with Crippen LogP contribution in [0.15, 0.2) is 16.3 Å². The fourth-order valence-corrected chi connectivity index (χ4v) is 2.46. The van der Waals surface area contributed by atoms with Crippen LogP contribution in [0.2, 0.25) is 0 Å². The zero-order chi connectivity index (χ0) is 11.3. The maximum absolute atomic E-state index is 12.0. The molecule has 1 aromatic heterocycles. The molecule has 0 atom stereocenters. The molecule has 0 fully saturated rings. The Kier molecular flexibility index (Phi) is 5.19. The van der Waals surface area contributed by atoms with Gasteiger partial charge < -0.3 is 4.90 Å². The summed E-state index contributed by atoms with van der Waals surface area (Å²) < 4.78 is 0. The van der Waals surface area contributed by atoms with E-state index in [2.05, 4.69) is 19.6 Å². The van der Waals surface area contributed by atoms with Crippen LogP contribution in [0.5, 0.6) is 0 Å². The van der Waals surface area contributed by atoms with Crippen molar-refractivity contribution in [2.75, 3.05) is 13.1 Å². The van der Waals surface area contributed by atoms with E-state index in [1.54, 1.807) is 0 Å². The number of amides is 1. The topological polar surface area (TPSA) is 20.3 Å². The van der Waals surface area contributed by atoms with Crippen LogP contribution < -0.4 is 0 Å². The number of thiophene rings is 1. The van der Waals surface area contributed by atoms with Gasteiger partial charge in [-0.25, -0.2) is 0 Å². The quantitative estimate of drug-likeness (QED) is 0.787. The van der Waals surface area contributed by atoms with E-state index in [0.29, 0.717) is 0 Å².